The number of aromatic nitrogens is 1. The first-order chi connectivity index (χ1) is 11.1. The molecule has 0 bridgehead atoms. The van der Waals surface area contributed by atoms with Crippen molar-refractivity contribution in [1.29, 1.82) is 0 Å². The highest BCUT2D eigenvalue weighted by molar-refractivity contribution is 7.17. The predicted octanol–water partition coefficient (Wildman–Crippen LogP) is 4.24. The number of halogens is 6. The molecular weight excluding hydrogens is 360 g/mol. The Morgan fingerprint density at radius 2 is 1.88 bits per heavy atom. The van der Waals surface area contributed by atoms with Crippen molar-refractivity contribution >= 4 is 17.1 Å². The highest BCUT2D eigenvalue weighted by Crippen LogP contribution is 2.42. The van der Waals surface area contributed by atoms with E-state index >= 15 is 0 Å². The van der Waals surface area contributed by atoms with Crippen LogP contribution >= 0.6 is 11.3 Å². The molecule has 0 radical (unpaired) electrons. The Bertz CT molecular complexity index is 845. The number of Topliss-reactive ketones (excluding diaryl/α,β-unsaturated/α-hetero) is 1. The third kappa shape index (κ3) is 2.54. The van der Waals surface area contributed by atoms with E-state index < -0.39 is 53.1 Å². The van der Waals surface area contributed by atoms with Gasteiger partial charge in [-0.05, 0) is 18.9 Å². The Morgan fingerprint density at radius 3 is 2.50 bits per heavy atom. The predicted molar refractivity (Wildman–Crippen MR) is 71.3 cm³/mol. The van der Waals surface area contributed by atoms with E-state index in [0.29, 0.717) is 17.4 Å². The molecule has 0 amide bonds. The van der Waals surface area contributed by atoms with Crippen molar-refractivity contribution in [2.45, 2.75) is 19.0 Å². The van der Waals surface area contributed by atoms with Gasteiger partial charge in [0.25, 0.3) is 0 Å². The molecule has 1 heterocycles. The van der Waals surface area contributed by atoms with Gasteiger partial charge in [0.15, 0.2) is 23.2 Å². The zero-order valence-electron chi connectivity index (χ0n) is 11.5. The molecule has 1 unspecified atom stereocenters. The van der Waals surface area contributed by atoms with E-state index in [-0.39, 0.29) is 22.0 Å². The summed E-state index contributed by atoms with van der Waals surface area (Å²) in [6.07, 6.45) is -5.35. The van der Waals surface area contributed by atoms with Crippen molar-refractivity contribution < 1.29 is 36.2 Å². The topological polar surface area (TPSA) is 50.2 Å². The molecule has 24 heavy (non-hydrogen) atoms. The van der Waals surface area contributed by atoms with Crippen LogP contribution < -0.4 is 0 Å². The van der Waals surface area contributed by atoms with Crippen molar-refractivity contribution in [2.24, 2.45) is 5.92 Å². The minimum Gasteiger partial charge on any atom is -0.503 e. The van der Waals surface area contributed by atoms with Crippen LogP contribution in [0.25, 0.3) is 10.6 Å². The summed E-state index contributed by atoms with van der Waals surface area (Å²) in [4.78, 5) is 15.5. The summed E-state index contributed by atoms with van der Waals surface area (Å²) in [6, 6.07) is 0.476. The number of phenols is 1. The van der Waals surface area contributed by atoms with Crippen LogP contribution in [0.15, 0.2) is 6.07 Å². The summed E-state index contributed by atoms with van der Waals surface area (Å²) in [5, 5.41) is 8.67. The summed E-state index contributed by atoms with van der Waals surface area (Å²) in [7, 11) is 0. The zero-order valence-corrected chi connectivity index (χ0v) is 12.4. The molecule has 0 fully saturated rings. The molecule has 0 saturated carbocycles. The van der Waals surface area contributed by atoms with Crippen LogP contribution in [0.2, 0.25) is 0 Å². The number of benzene rings is 1. The molecule has 3 nitrogen and oxygen atoms in total. The van der Waals surface area contributed by atoms with Gasteiger partial charge in [0, 0.05) is 0 Å². The van der Waals surface area contributed by atoms with Crippen molar-refractivity contribution in [3.8, 4) is 16.3 Å². The molecule has 0 saturated heterocycles. The summed E-state index contributed by atoms with van der Waals surface area (Å²) >= 11 is 0.438. The van der Waals surface area contributed by atoms with Gasteiger partial charge in [-0.2, -0.15) is 17.6 Å². The van der Waals surface area contributed by atoms with E-state index in [4.69, 9.17) is 5.11 Å². The summed E-state index contributed by atoms with van der Waals surface area (Å²) in [5.41, 5.74) is -0.632. The molecule has 0 spiro atoms. The van der Waals surface area contributed by atoms with Crippen LogP contribution in [0.1, 0.15) is 21.8 Å². The third-order valence-electron chi connectivity index (χ3n) is 3.67. The van der Waals surface area contributed by atoms with E-state index in [2.05, 4.69) is 4.98 Å². The number of nitrogens with zero attached hydrogens (tertiary/aromatic N) is 1. The lowest BCUT2D eigenvalue weighted by molar-refractivity contribution is -0.162. The van der Waals surface area contributed by atoms with Crippen molar-refractivity contribution in [2.75, 3.05) is 0 Å². The first-order valence-electron chi connectivity index (χ1n) is 6.58. The third-order valence-corrected chi connectivity index (χ3v) is 4.81. The minimum absolute atomic E-state index is 0.0359. The number of alkyl halides is 3. The van der Waals surface area contributed by atoms with E-state index in [1.54, 1.807) is 0 Å². The number of ketones is 1. The fraction of sp³-hybridized carbons (Fsp3) is 0.286. The Kier molecular flexibility index (Phi) is 3.82. The first-order valence-corrected chi connectivity index (χ1v) is 7.40. The number of carbonyl (C=O) groups is 1. The Balaban J connectivity index is 2.08. The lowest BCUT2D eigenvalue weighted by atomic mass is 9.89. The Hall–Kier alpha value is -2.10. The number of hydrogen-bond donors (Lipinski definition) is 1. The lowest BCUT2D eigenvalue weighted by Gasteiger charge is -2.21. The molecule has 0 aliphatic heterocycles. The maximum Gasteiger partial charge on any atom is 0.399 e. The Labute approximate surface area is 134 Å². The number of hydrogen-bond acceptors (Lipinski definition) is 4. The summed E-state index contributed by atoms with van der Waals surface area (Å²) in [5.74, 6) is -9.75. The Morgan fingerprint density at radius 1 is 1.21 bits per heavy atom. The number of rotatable bonds is 1. The average Bonchev–Trinajstić information content (AvgIpc) is 2.92. The minimum atomic E-state index is -4.71. The molecule has 2 aromatic rings. The van der Waals surface area contributed by atoms with Gasteiger partial charge in [0.2, 0.25) is 5.82 Å². The van der Waals surface area contributed by atoms with Crippen molar-refractivity contribution in [3.05, 3.63) is 34.1 Å². The summed E-state index contributed by atoms with van der Waals surface area (Å²) < 4.78 is 79.1. The highest BCUT2D eigenvalue weighted by Gasteiger charge is 2.48. The van der Waals surface area contributed by atoms with E-state index in [9.17, 15) is 31.1 Å². The van der Waals surface area contributed by atoms with Crippen molar-refractivity contribution in [3.63, 3.8) is 0 Å². The number of fused-ring (bicyclic) bond motifs is 1. The second-order valence-corrected chi connectivity index (χ2v) is 6.17. The molecule has 1 aromatic carbocycles. The highest BCUT2D eigenvalue weighted by atomic mass is 32.1. The second-order valence-electron chi connectivity index (χ2n) is 5.17. The monoisotopic (exact) mass is 367 g/mol. The van der Waals surface area contributed by atoms with E-state index in [0.717, 1.165) is 0 Å². The van der Waals surface area contributed by atoms with Crippen LogP contribution in [0.4, 0.5) is 26.3 Å². The maximum atomic E-state index is 13.9. The smallest absolute Gasteiger partial charge is 0.399 e. The van der Waals surface area contributed by atoms with Crippen LogP contribution in [0.5, 0.6) is 5.75 Å². The van der Waals surface area contributed by atoms with Gasteiger partial charge in [0.1, 0.15) is 10.9 Å². The standard InChI is InChI=1S/C14H7F6NO2S/c15-6-3-4(8(16)9(17)11(6)23)13-21-7-2-1-5(14(18,19)20)10(22)12(7)24-13/h3,5,23H,1-2H2. The quantitative estimate of drug-likeness (QED) is 0.606. The number of phenolic OH excluding ortho intramolecular Hbond substituents is 1. The summed E-state index contributed by atoms with van der Waals surface area (Å²) in [6.45, 7) is 0. The van der Waals surface area contributed by atoms with Crippen LogP contribution in [0, 0.1) is 23.4 Å². The second kappa shape index (κ2) is 5.47. The normalized spacial score (nSPS) is 17.9. The van der Waals surface area contributed by atoms with Gasteiger partial charge in [-0.25, -0.2) is 13.8 Å². The first kappa shape index (κ1) is 16.7. The van der Waals surface area contributed by atoms with Gasteiger partial charge in [-0.3, -0.25) is 4.79 Å². The number of thiazole rings is 1. The van der Waals surface area contributed by atoms with E-state index in [1.807, 2.05) is 0 Å². The van der Waals surface area contributed by atoms with Crippen LogP contribution in [0.3, 0.4) is 0 Å². The molecule has 1 aliphatic rings. The van der Waals surface area contributed by atoms with Gasteiger partial charge >= 0.3 is 6.18 Å². The van der Waals surface area contributed by atoms with Crippen LogP contribution in [-0.2, 0) is 6.42 Å². The molecule has 10 heteroatoms. The van der Waals surface area contributed by atoms with Crippen molar-refractivity contribution in [1.82, 2.24) is 4.98 Å². The fourth-order valence-electron chi connectivity index (χ4n) is 2.45. The molecule has 1 atom stereocenters. The zero-order chi connectivity index (χ0) is 17.8. The molecule has 1 N–H and O–H groups in total. The van der Waals surface area contributed by atoms with Gasteiger partial charge in [-0.15, -0.1) is 11.3 Å². The van der Waals surface area contributed by atoms with Gasteiger partial charge in [-0.1, -0.05) is 0 Å². The molecule has 3 rings (SSSR count). The number of aryl methyl sites for hydroxylation is 1. The largest absolute Gasteiger partial charge is 0.503 e. The molecule has 1 aliphatic carbocycles. The van der Waals surface area contributed by atoms with Crippen LogP contribution in [-0.4, -0.2) is 22.1 Å². The lowest BCUT2D eigenvalue weighted by Crippen LogP contribution is -2.34. The van der Waals surface area contributed by atoms with Gasteiger partial charge in [0.05, 0.1) is 16.1 Å². The van der Waals surface area contributed by atoms with Gasteiger partial charge < -0.3 is 5.11 Å². The van der Waals surface area contributed by atoms with E-state index in [1.165, 1.54) is 0 Å². The fourth-order valence-corrected chi connectivity index (χ4v) is 3.57. The average molecular weight is 367 g/mol. The SMILES string of the molecule is O=C1c2sc(-c3cc(F)c(O)c(F)c3F)nc2CCC1C(F)(F)F. The molecule has 1 aromatic heterocycles. The number of carbonyl (C=O) groups excluding carboxylic acids is 1. The molecular formula is C14H7F6NO2S. The molecule has 128 valence electrons. The maximum absolute atomic E-state index is 13.9. The number of aromatic hydroxyl groups is 1.